The molecular formula is C32H24N2. The lowest BCUT2D eigenvalue weighted by Crippen LogP contribution is -1.96. The Labute approximate surface area is 198 Å². The van der Waals surface area contributed by atoms with Crippen LogP contribution < -0.4 is 0 Å². The van der Waals surface area contributed by atoms with Gasteiger partial charge in [0.05, 0.1) is 22.1 Å². The van der Waals surface area contributed by atoms with Crippen LogP contribution in [0.1, 0.15) is 11.1 Å². The van der Waals surface area contributed by atoms with Crippen LogP contribution >= 0.6 is 0 Å². The lowest BCUT2D eigenvalue weighted by Gasteiger charge is -2.10. The number of hydrogen-bond donors (Lipinski definition) is 0. The number of hydrogen-bond acceptors (Lipinski definition) is 0. The number of fused-ring (bicyclic) bond motifs is 6. The summed E-state index contributed by atoms with van der Waals surface area (Å²) in [6.45, 7) is 4.28. The van der Waals surface area contributed by atoms with Gasteiger partial charge < -0.3 is 9.13 Å². The lowest BCUT2D eigenvalue weighted by molar-refractivity contribution is 1.16. The van der Waals surface area contributed by atoms with E-state index in [0.29, 0.717) is 0 Å². The molecule has 0 aliphatic carbocycles. The fraction of sp³-hybridized carbons (Fsp3) is 0.0625. The van der Waals surface area contributed by atoms with E-state index in [4.69, 9.17) is 0 Å². The van der Waals surface area contributed by atoms with Crippen LogP contribution in [0.5, 0.6) is 0 Å². The summed E-state index contributed by atoms with van der Waals surface area (Å²) < 4.78 is 4.81. The van der Waals surface area contributed by atoms with E-state index in [2.05, 4.69) is 132 Å². The molecule has 0 spiro atoms. The van der Waals surface area contributed by atoms with Crippen LogP contribution in [0.3, 0.4) is 0 Å². The molecule has 0 saturated carbocycles. The second-order valence-corrected chi connectivity index (χ2v) is 9.26. The Kier molecular flexibility index (Phi) is 4.01. The molecule has 162 valence electrons. The zero-order valence-electron chi connectivity index (χ0n) is 19.3. The van der Waals surface area contributed by atoms with E-state index in [0.717, 1.165) is 0 Å². The first-order valence-corrected chi connectivity index (χ1v) is 11.8. The molecule has 0 radical (unpaired) electrons. The summed E-state index contributed by atoms with van der Waals surface area (Å²) in [5, 5.41) is 5.14. The Bertz CT molecular complexity index is 1710. The van der Waals surface area contributed by atoms with Crippen LogP contribution in [0.2, 0.25) is 0 Å². The van der Waals surface area contributed by atoms with E-state index in [9.17, 15) is 0 Å². The molecule has 0 bridgehead atoms. The molecule has 34 heavy (non-hydrogen) atoms. The molecule has 7 rings (SSSR count). The third kappa shape index (κ3) is 2.69. The van der Waals surface area contributed by atoms with Crippen molar-refractivity contribution in [1.29, 1.82) is 0 Å². The van der Waals surface area contributed by atoms with Crippen LogP contribution in [-0.2, 0) is 0 Å². The minimum atomic E-state index is 1.19. The number of aryl methyl sites for hydroxylation is 2. The molecule has 2 heterocycles. The Balaban J connectivity index is 1.67. The summed E-state index contributed by atoms with van der Waals surface area (Å²) in [6.07, 6.45) is 0. The van der Waals surface area contributed by atoms with Gasteiger partial charge in [-0.3, -0.25) is 0 Å². The minimum Gasteiger partial charge on any atom is -0.309 e. The number of aromatic nitrogens is 2. The summed E-state index contributed by atoms with van der Waals surface area (Å²) in [5.41, 5.74) is 9.85. The van der Waals surface area contributed by atoms with Gasteiger partial charge >= 0.3 is 0 Å². The molecule has 0 atom stereocenters. The normalized spacial score (nSPS) is 11.8. The molecule has 0 saturated heterocycles. The number of para-hydroxylation sites is 2. The van der Waals surface area contributed by atoms with Gasteiger partial charge in [0.25, 0.3) is 0 Å². The maximum atomic E-state index is 2.40. The first-order chi connectivity index (χ1) is 16.7. The molecule has 2 heteroatoms. The van der Waals surface area contributed by atoms with Crippen LogP contribution in [0.25, 0.3) is 55.0 Å². The average molecular weight is 437 g/mol. The van der Waals surface area contributed by atoms with E-state index in [-0.39, 0.29) is 0 Å². The monoisotopic (exact) mass is 436 g/mol. The Hall–Kier alpha value is -4.30. The highest BCUT2D eigenvalue weighted by molar-refractivity contribution is 6.19. The summed E-state index contributed by atoms with van der Waals surface area (Å²) in [7, 11) is 0. The SMILES string of the molecule is Cc1ccc(-n2c3ccccc3c3cc4c5ccccc5n(-c5ccc(C)cc5)c4cc32)cc1. The highest BCUT2D eigenvalue weighted by Gasteiger charge is 2.18. The van der Waals surface area contributed by atoms with Crippen molar-refractivity contribution in [2.45, 2.75) is 13.8 Å². The molecule has 0 N–H and O–H groups in total. The van der Waals surface area contributed by atoms with Crippen LogP contribution in [-0.4, -0.2) is 9.13 Å². The molecule has 2 nitrogen and oxygen atoms in total. The first kappa shape index (κ1) is 19.2. The van der Waals surface area contributed by atoms with Gasteiger partial charge in [-0.1, -0.05) is 71.8 Å². The van der Waals surface area contributed by atoms with Gasteiger partial charge in [0, 0.05) is 32.9 Å². The predicted octanol–water partition coefficient (Wildman–Crippen LogP) is 8.50. The van der Waals surface area contributed by atoms with E-state index in [1.807, 2.05) is 0 Å². The van der Waals surface area contributed by atoms with Gasteiger partial charge in [0.1, 0.15) is 0 Å². The molecule has 0 unspecified atom stereocenters. The van der Waals surface area contributed by atoms with Crippen molar-refractivity contribution >= 4 is 43.6 Å². The van der Waals surface area contributed by atoms with E-state index >= 15 is 0 Å². The standard InChI is InChI=1S/C32H24N2/c1-21-11-15-23(16-12-21)33-29-9-5-3-7-25(29)27-19-28-26-8-4-6-10-30(26)34(32(28)20-31(27)33)24-17-13-22(2)14-18-24/h3-20H,1-2H3. The quantitative estimate of drug-likeness (QED) is 0.257. The minimum absolute atomic E-state index is 1.19. The molecular weight excluding hydrogens is 412 g/mol. The third-order valence-electron chi connectivity index (χ3n) is 7.05. The third-order valence-corrected chi connectivity index (χ3v) is 7.05. The Morgan fingerprint density at radius 2 is 0.794 bits per heavy atom. The van der Waals surface area contributed by atoms with Crippen molar-refractivity contribution < 1.29 is 0 Å². The molecule has 0 aliphatic heterocycles. The molecule has 0 amide bonds. The zero-order valence-corrected chi connectivity index (χ0v) is 19.3. The number of benzene rings is 5. The lowest BCUT2D eigenvalue weighted by atomic mass is 10.1. The van der Waals surface area contributed by atoms with Crippen molar-refractivity contribution in [3.63, 3.8) is 0 Å². The number of rotatable bonds is 2. The van der Waals surface area contributed by atoms with Crippen molar-refractivity contribution in [2.75, 3.05) is 0 Å². The molecule has 5 aromatic carbocycles. The van der Waals surface area contributed by atoms with Gasteiger partial charge in [0.15, 0.2) is 0 Å². The van der Waals surface area contributed by atoms with Gasteiger partial charge in [-0.25, -0.2) is 0 Å². The van der Waals surface area contributed by atoms with Gasteiger partial charge in [-0.05, 0) is 62.4 Å². The fourth-order valence-electron chi connectivity index (χ4n) is 5.37. The maximum absolute atomic E-state index is 2.40. The summed E-state index contributed by atoms with van der Waals surface area (Å²) >= 11 is 0. The van der Waals surface area contributed by atoms with Crippen molar-refractivity contribution in [2.24, 2.45) is 0 Å². The van der Waals surface area contributed by atoms with Crippen LogP contribution in [0, 0.1) is 13.8 Å². The highest BCUT2D eigenvalue weighted by atomic mass is 15.0. The van der Waals surface area contributed by atoms with Crippen molar-refractivity contribution in [3.05, 3.63) is 120 Å². The molecule has 7 aromatic rings. The topological polar surface area (TPSA) is 9.86 Å². The fourth-order valence-corrected chi connectivity index (χ4v) is 5.37. The van der Waals surface area contributed by atoms with Crippen molar-refractivity contribution in [1.82, 2.24) is 9.13 Å². The van der Waals surface area contributed by atoms with Crippen LogP contribution in [0.15, 0.2) is 109 Å². The maximum Gasteiger partial charge on any atom is 0.0562 e. The molecule has 2 aromatic heterocycles. The summed E-state index contributed by atoms with van der Waals surface area (Å²) in [5.74, 6) is 0. The number of nitrogens with zero attached hydrogens (tertiary/aromatic N) is 2. The largest absolute Gasteiger partial charge is 0.309 e. The first-order valence-electron chi connectivity index (χ1n) is 11.8. The Morgan fingerprint density at radius 3 is 1.24 bits per heavy atom. The van der Waals surface area contributed by atoms with E-state index in [1.54, 1.807) is 0 Å². The smallest absolute Gasteiger partial charge is 0.0562 e. The zero-order chi connectivity index (χ0) is 22.8. The predicted molar refractivity (Wildman–Crippen MR) is 145 cm³/mol. The van der Waals surface area contributed by atoms with Gasteiger partial charge in [-0.15, -0.1) is 0 Å². The van der Waals surface area contributed by atoms with Gasteiger partial charge in [-0.2, -0.15) is 0 Å². The van der Waals surface area contributed by atoms with Gasteiger partial charge in [0.2, 0.25) is 0 Å². The average Bonchev–Trinajstić information content (AvgIpc) is 3.36. The second kappa shape index (κ2) is 7.10. The Morgan fingerprint density at radius 1 is 0.382 bits per heavy atom. The van der Waals surface area contributed by atoms with E-state index in [1.165, 1.54) is 66.1 Å². The highest BCUT2D eigenvalue weighted by Crippen LogP contribution is 2.39. The molecule has 0 fully saturated rings. The van der Waals surface area contributed by atoms with Crippen molar-refractivity contribution in [3.8, 4) is 11.4 Å². The summed E-state index contributed by atoms with van der Waals surface area (Å²) in [4.78, 5) is 0. The van der Waals surface area contributed by atoms with E-state index < -0.39 is 0 Å². The second-order valence-electron chi connectivity index (χ2n) is 9.26. The summed E-state index contributed by atoms with van der Waals surface area (Å²) in [6, 6.07) is 39.9. The molecule has 0 aliphatic rings. The van der Waals surface area contributed by atoms with Crippen LogP contribution in [0.4, 0.5) is 0 Å².